The van der Waals surface area contributed by atoms with E-state index in [2.05, 4.69) is 10.1 Å². The van der Waals surface area contributed by atoms with Gasteiger partial charge in [-0.2, -0.15) is 0 Å². The van der Waals surface area contributed by atoms with Crippen molar-refractivity contribution in [2.75, 3.05) is 26.8 Å². The van der Waals surface area contributed by atoms with E-state index in [-0.39, 0.29) is 18.1 Å². The van der Waals surface area contributed by atoms with Crippen LogP contribution in [0.3, 0.4) is 0 Å². The molecule has 0 heterocycles. The van der Waals surface area contributed by atoms with E-state index in [9.17, 15) is 13.2 Å². The van der Waals surface area contributed by atoms with Crippen molar-refractivity contribution in [2.24, 2.45) is 0 Å². The molecular weight excluding hydrogens is 287 g/mol. The number of methoxy groups -OCH3 is 1. The fraction of sp³-hybridized carbons (Fsp3) is 0.571. The topological polar surface area (TPSA) is 39.7 Å². The van der Waals surface area contributed by atoms with Crippen molar-refractivity contribution in [2.45, 2.75) is 25.8 Å². The van der Waals surface area contributed by atoms with Crippen LogP contribution in [0.1, 0.15) is 13.3 Å². The predicted octanol–water partition coefficient (Wildman–Crippen LogP) is 2.98. The van der Waals surface area contributed by atoms with Gasteiger partial charge in [-0.3, -0.25) is 0 Å². The maximum Gasteiger partial charge on any atom is 0.573 e. The molecule has 0 aliphatic rings. The lowest BCUT2D eigenvalue weighted by Gasteiger charge is -2.21. The van der Waals surface area contributed by atoms with E-state index in [1.165, 1.54) is 25.3 Å². The van der Waals surface area contributed by atoms with Crippen molar-refractivity contribution >= 4 is 0 Å². The molecular formula is C14H20F3NO3. The van der Waals surface area contributed by atoms with Crippen LogP contribution in [0.15, 0.2) is 24.3 Å². The lowest BCUT2D eigenvalue weighted by atomic mass is 10.3. The quantitative estimate of drug-likeness (QED) is 0.712. The van der Waals surface area contributed by atoms with Crippen LogP contribution in [0.4, 0.5) is 13.2 Å². The summed E-state index contributed by atoms with van der Waals surface area (Å²) < 4.78 is 51.6. The Morgan fingerprint density at radius 2 is 1.86 bits per heavy atom. The zero-order chi connectivity index (χ0) is 15.7. The van der Waals surface area contributed by atoms with Crippen molar-refractivity contribution in [1.82, 2.24) is 5.32 Å². The van der Waals surface area contributed by atoms with E-state index in [0.29, 0.717) is 6.54 Å². The first-order valence-corrected chi connectivity index (χ1v) is 6.67. The molecule has 0 bridgehead atoms. The Hall–Kier alpha value is -1.47. The molecule has 1 rings (SSSR count). The lowest BCUT2D eigenvalue weighted by molar-refractivity contribution is -0.275. The van der Waals surface area contributed by atoms with E-state index < -0.39 is 12.5 Å². The highest BCUT2D eigenvalue weighted by molar-refractivity contribution is 5.39. The number of hydrogen-bond acceptors (Lipinski definition) is 4. The maximum atomic E-state index is 12.3. The van der Waals surface area contributed by atoms with Gasteiger partial charge in [0.15, 0.2) is 11.5 Å². The van der Waals surface area contributed by atoms with Crippen LogP contribution in [-0.4, -0.2) is 39.3 Å². The molecule has 1 N–H and O–H groups in total. The summed E-state index contributed by atoms with van der Waals surface area (Å²) in [6, 6.07) is 5.69. The molecule has 0 radical (unpaired) electrons. The Bertz CT molecular complexity index is 413. The standard InChI is InChI=1S/C14H20F3NO3/c1-3-8-18-9-11(10-19-2)20-12-6-4-5-7-13(12)21-14(15,16)17/h4-7,11,18H,3,8-10H2,1-2H3. The first-order chi connectivity index (χ1) is 9.96. The molecule has 1 aromatic carbocycles. The molecule has 21 heavy (non-hydrogen) atoms. The van der Waals surface area contributed by atoms with Crippen molar-refractivity contribution in [3.05, 3.63) is 24.3 Å². The third-order valence-electron chi connectivity index (χ3n) is 2.52. The average Bonchev–Trinajstić information content (AvgIpc) is 2.40. The highest BCUT2D eigenvalue weighted by Crippen LogP contribution is 2.32. The number of halogens is 3. The Balaban J connectivity index is 2.73. The van der Waals surface area contributed by atoms with Crippen LogP contribution in [-0.2, 0) is 4.74 Å². The second kappa shape index (κ2) is 8.74. The number of benzene rings is 1. The predicted molar refractivity (Wildman–Crippen MR) is 72.6 cm³/mol. The third-order valence-corrected chi connectivity index (χ3v) is 2.52. The minimum absolute atomic E-state index is 0.0372. The molecule has 0 amide bonds. The highest BCUT2D eigenvalue weighted by atomic mass is 19.4. The number of hydrogen-bond donors (Lipinski definition) is 1. The van der Waals surface area contributed by atoms with Gasteiger partial charge in [0.25, 0.3) is 0 Å². The molecule has 7 heteroatoms. The zero-order valence-corrected chi connectivity index (χ0v) is 12.1. The number of para-hydroxylation sites is 2. The highest BCUT2D eigenvalue weighted by Gasteiger charge is 2.32. The second-order valence-corrected chi connectivity index (χ2v) is 4.39. The first kappa shape index (κ1) is 17.6. The Morgan fingerprint density at radius 1 is 1.19 bits per heavy atom. The normalized spacial score (nSPS) is 13.0. The molecule has 0 fully saturated rings. The molecule has 1 unspecified atom stereocenters. The van der Waals surface area contributed by atoms with Crippen molar-refractivity contribution in [1.29, 1.82) is 0 Å². The summed E-state index contributed by atoms with van der Waals surface area (Å²) in [6.45, 7) is 3.55. The molecule has 0 aromatic heterocycles. The first-order valence-electron chi connectivity index (χ1n) is 6.67. The number of ether oxygens (including phenoxy) is 3. The Morgan fingerprint density at radius 3 is 2.43 bits per heavy atom. The SMILES string of the molecule is CCCNCC(COC)Oc1ccccc1OC(F)(F)F. The van der Waals surface area contributed by atoms with Crippen LogP contribution < -0.4 is 14.8 Å². The number of rotatable bonds is 9. The van der Waals surface area contributed by atoms with Gasteiger partial charge in [-0.25, -0.2) is 0 Å². The molecule has 0 aliphatic carbocycles. The van der Waals surface area contributed by atoms with E-state index in [0.717, 1.165) is 13.0 Å². The largest absolute Gasteiger partial charge is 0.573 e. The van der Waals surface area contributed by atoms with Gasteiger partial charge in [-0.15, -0.1) is 13.2 Å². The molecule has 0 saturated carbocycles. The van der Waals surface area contributed by atoms with Gasteiger partial charge < -0.3 is 19.5 Å². The van der Waals surface area contributed by atoms with Gasteiger partial charge in [0, 0.05) is 13.7 Å². The number of alkyl halides is 3. The lowest BCUT2D eigenvalue weighted by Crippen LogP contribution is -2.35. The zero-order valence-electron chi connectivity index (χ0n) is 12.1. The van der Waals surface area contributed by atoms with Crippen LogP contribution >= 0.6 is 0 Å². The van der Waals surface area contributed by atoms with E-state index in [4.69, 9.17) is 9.47 Å². The fourth-order valence-electron chi connectivity index (χ4n) is 1.70. The van der Waals surface area contributed by atoms with E-state index in [1.54, 1.807) is 6.07 Å². The minimum Gasteiger partial charge on any atom is -0.483 e. The minimum atomic E-state index is -4.75. The maximum absolute atomic E-state index is 12.3. The molecule has 0 saturated heterocycles. The monoisotopic (exact) mass is 307 g/mol. The molecule has 120 valence electrons. The summed E-state index contributed by atoms with van der Waals surface area (Å²) >= 11 is 0. The van der Waals surface area contributed by atoms with Gasteiger partial charge in [0.1, 0.15) is 6.10 Å². The molecule has 0 aliphatic heterocycles. The van der Waals surface area contributed by atoms with Crippen molar-refractivity contribution in [3.8, 4) is 11.5 Å². The van der Waals surface area contributed by atoms with E-state index >= 15 is 0 Å². The van der Waals surface area contributed by atoms with Crippen LogP contribution in [0.5, 0.6) is 11.5 Å². The molecule has 1 aromatic rings. The van der Waals surface area contributed by atoms with Crippen LogP contribution in [0.25, 0.3) is 0 Å². The fourth-order valence-corrected chi connectivity index (χ4v) is 1.70. The van der Waals surface area contributed by atoms with Gasteiger partial charge in [-0.1, -0.05) is 19.1 Å². The van der Waals surface area contributed by atoms with Crippen LogP contribution in [0.2, 0.25) is 0 Å². The van der Waals surface area contributed by atoms with Gasteiger partial charge in [-0.05, 0) is 25.1 Å². The molecule has 4 nitrogen and oxygen atoms in total. The van der Waals surface area contributed by atoms with Crippen molar-refractivity contribution < 1.29 is 27.4 Å². The Labute approximate surface area is 122 Å². The second-order valence-electron chi connectivity index (χ2n) is 4.39. The summed E-state index contributed by atoms with van der Waals surface area (Å²) in [5, 5.41) is 3.14. The third kappa shape index (κ3) is 7.19. The van der Waals surface area contributed by atoms with Gasteiger partial charge in [0.2, 0.25) is 0 Å². The smallest absolute Gasteiger partial charge is 0.483 e. The molecule has 0 spiro atoms. The summed E-state index contributed by atoms with van der Waals surface area (Å²) in [5.74, 6) is -0.322. The molecule has 1 atom stereocenters. The van der Waals surface area contributed by atoms with Gasteiger partial charge >= 0.3 is 6.36 Å². The van der Waals surface area contributed by atoms with E-state index in [1.807, 2.05) is 6.92 Å². The van der Waals surface area contributed by atoms with Gasteiger partial charge in [0.05, 0.1) is 6.61 Å². The summed E-state index contributed by atoms with van der Waals surface area (Å²) in [6.07, 6.45) is -4.20. The summed E-state index contributed by atoms with van der Waals surface area (Å²) in [4.78, 5) is 0. The average molecular weight is 307 g/mol. The summed E-state index contributed by atoms with van der Waals surface area (Å²) in [5.41, 5.74) is 0. The summed E-state index contributed by atoms with van der Waals surface area (Å²) in [7, 11) is 1.51. The Kier molecular flexibility index (Phi) is 7.31. The van der Waals surface area contributed by atoms with Crippen molar-refractivity contribution in [3.63, 3.8) is 0 Å². The number of nitrogens with one attached hydrogen (secondary N) is 1. The van der Waals surface area contributed by atoms with Crippen LogP contribution in [0, 0.1) is 0 Å².